The van der Waals surface area contributed by atoms with Crippen LogP contribution in [0.5, 0.6) is 0 Å². The van der Waals surface area contributed by atoms with E-state index in [2.05, 4.69) is 15.0 Å². The van der Waals surface area contributed by atoms with Crippen LogP contribution in [0.15, 0.2) is 35.4 Å². The highest BCUT2D eigenvalue weighted by Crippen LogP contribution is 2.22. The number of carbonyl (C=O) groups excluding carboxylic acids is 1. The molecule has 1 fully saturated rings. The zero-order chi connectivity index (χ0) is 16.4. The second kappa shape index (κ2) is 6.25. The maximum Gasteiger partial charge on any atom is 0.243 e. The minimum Gasteiger partial charge on any atom is -0.355 e. The molecule has 1 aromatic carbocycles. The number of rotatable bonds is 3. The van der Waals surface area contributed by atoms with Crippen LogP contribution in [0, 0.1) is 6.92 Å². The SMILES string of the molecule is Cc1cnc2c(S(=O)(=O)NC3CCCCNC3=O)cccc2c1. The number of para-hydroxylation sites is 1. The Balaban J connectivity index is 1.98. The lowest BCUT2D eigenvalue weighted by molar-refractivity contribution is -0.122. The number of nitrogens with zero attached hydrogens (tertiary/aromatic N) is 1. The Labute approximate surface area is 135 Å². The van der Waals surface area contributed by atoms with Crippen LogP contribution in [0.4, 0.5) is 0 Å². The highest BCUT2D eigenvalue weighted by atomic mass is 32.2. The molecule has 0 saturated carbocycles. The van der Waals surface area contributed by atoms with E-state index >= 15 is 0 Å². The van der Waals surface area contributed by atoms with Crippen molar-refractivity contribution in [1.82, 2.24) is 15.0 Å². The molecule has 2 heterocycles. The van der Waals surface area contributed by atoms with E-state index in [9.17, 15) is 13.2 Å². The first kappa shape index (κ1) is 15.9. The summed E-state index contributed by atoms with van der Waals surface area (Å²) in [6, 6.07) is 6.18. The predicted octanol–water partition coefficient (Wildman–Crippen LogP) is 1.49. The van der Waals surface area contributed by atoms with Gasteiger partial charge in [0.1, 0.15) is 10.9 Å². The monoisotopic (exact) mass is 333 g/mol. The van der Waals surface area contributed by atoms with Gasteiger partial charge in [-0.3, -0.25) is 9.78 Å². The van der Waals surface area contributed by atoms with Crippen molar-refractivity contribution in [3.05, 3.63) is 36.0 Å². The van der Waals surface area contributed by atoms with Crippen LogP contribution in [-0.4, -0.2) is 31.9 Å². The van der Waals surface area contributed by atoms with Gasteiger partial charge in [-0.2, -0.15) is 4.72 Å². The largest absolute Gasteiger partial charge is 0.355 e. The number of nitrogens with one attached hydrogen (secondary N) is 2. The predicted molar refractivity (Wildman–Crippen MR) is 87.5 cm³/mol. The summed E-state index contributed by atoms with van der Waals surface area (Å²) in [5, 5.41) is 3.49. The number of hydrogen-bond donors (Lipinski definition) is 2. The topological polar surface area (TPSA) is 88.2 Å². The average Bonchev–Trinajstić information content (AvgIpc) is 2.71. The Kier molecular flexibility index (Phi) is 4.32. The maximum atomic E-state index is 12.7. The summed E-state index contributed by atoms with van der Waals surface area (Å²) in [5.74, 6) is -0.268. The molecule has 122 valence electrons. The second-order valence-electron chi connectivity index (χ2n) is 5.80. The van der Waals surface area contributed by atoms with E-state index in [-0.39, 0.29) is 10.8 Å². The molecule has 23 heavy (non-hydrogen) atoms. The Morgan fingerprint density at radius 3 is 2.96 bits per heavy atom. The Bertz CT molecular complexity index is 849. The van der Waals surface area contributed by atoms with Gasteiger partial charge in [-0.1, -0.05) is 12.1 Å². The molecule has 0 radical (unpaired) electrons. The van der Waals surface area contributed by atoms with Crippen molar-refractivity contribution in [2.24, 2.45) is 0 Å². The summed E-state index contributed by atoms with van der Waals surface area (Å²) < 4.78 is 28.0. The third-order valence-corrected chi connectivity index (χ3v) is 5.44. The molecule has 0 aliphatic carbocycles. The van der Waals surface area contributed by atoms with Crippen molar-refractivity contribution in [1.29, 1.82) is 0 Å². The highest BCUT2D eigenvalue weighted by molar-refractivity contribution is 7.89. The van der Waals surface area contributed by atoms with Gasteiger partial charge in [0.15, 0.2) is 0 Å². The number of amides is 1. The molecule has 0 spiro atoms. The van der Waals surface area contributed by atoms with E-state index < -0.39 is 16.1 Å². The van der Waals surface area contributed by atoms with E-state index in [4.69, 9.17) is 0 Å². The van der Waals surface area contributed by atoms with E-state index in [1.807, 2.05) is 19.1 Å². The Morgan fingerprint density at radius 2 is 2.13 bits per heavy atom. The molecule has 3 rings (SSSR count). The molecule has 2 aromatic rings. The molecule has 1 saturated heterocycles. The number of fused-ring (bicyclic) bond motifs is 1. The van der Waals surface area contributed by atoms with Gasteiger partial charge < -0.3 is 5.32 Å². The molecular formula is C16H19N3O3S. The first-order chi connectivity index (χ1) is 11.0. The smallest absolute Gasteiger partial charge is 0.243 e. The van der Waals surface area contributed by atoms with Crippen molar-refractivity contribution >= 4 is 26.8 Å². The number of benzene rings is 1. The minimum absolute atomic E-state index is 0.104. The number of aryl methyl sites for hydroxylation is 1. The van der Waals surface area contributed by atoms with Crippen LogP contribution in [-0.2, 0) is 14.8 Å². The summed E-state index contributed by atoms with van der Waals surface area (Å²) in [6.45, 7) is 2.49. The lowest BCUT2D eigenvalue weighted by atomic mass is 10.1. The van der Waals surface area contributed by atoms with E-state index in [1.165, 1.54) is 6.07 Å². The fourth-order valence-corrected chi connectivity index (χ4v) is 4.17. The van der Waals surface area contributed by atoms with Crippen LogP contribution in [0.2, 0.25) is 0 Å². The molecule has 7 heteroatoms. The number of hydrogen-bond acceptors (Lipinski definition) is 4. The van der Waals surface area contributed by atoms with Crippen LogP contribution < -0.4 is 10.0 Å². The molecular weight excluding hydrogens is 314 g/mol. The third kappa shape index (κ3) is 3.35. The van der Waals surface area contributed by atoms with Crippen molar-refractivity contribution in [3.8, 4) is 0 Å². The van der Waals surface area contributed by atoms with Gasteiger partial charge in [0.2, 0.25) is 15.9 Å². The summed E-state index contributed by atoms with van der Waals surface area (Å²) >= 11 is 0. The van der Waals surface area contributed by atoms with Gasteiger partial charge in [0.25, 0.3) is 0 Å². The molecule has 1 unspecified atom stereocenters. The van der Waals surface area contributed by atoms with Crippen LogP contribution in [0.25, 0.3) is 10.9 Å². The van der Waals surface area contributed by atoms with Gasteiger partial charge in [0, 0.05) is 18.1 Å². The number of sulfonamides is 1. The lowest BCUT2D eigenvalue weighted by Crippen LogP contribution is -2.45. The van der Waals surface area contributed by atoms with E-state index in [1.54, 1.807) is 12.3 Å². The van der Waals surface area contributed by atoms with Crippen molar-refractivity contribution in [3.63, 3.8) is 0 Å². The Hall–Kier alpha value is -1.99. The summed E-state index contributed by atoms with van der Waals surface area (Å²) in [4.78, 5) is 16.3. The zero-order valence-electron chi connectivity index (χ0n) is 12.9. The standard InChI is InChI=1S/C16H19N3O3S/c1-11-9-12-5-4-7-14(15(12)18-10-11)23(21,22)19-13-6-2-3-8-17-16(13)20/h4-5,7,9-10,13,19H,2-3,6,8H2,1H3,(H,17,20). The summed E-state index contributed by atoms with van der Waals surface area (Å²) in [6.07, 6.45) is 3.81. The first-order valence-electron chi connectivity index (χ1n) is 7.63. The van der Waals surface area contributed by atoms with Crippen LogP contribution in [0.1, 0.15) is 24.8 Å². The maximum absolute atomic E-state index is 12.7. The van der Waals surface area contributed by atoms with Gasteiger partial charge in [-0.05, 0) is 43.9 Å². The molecule has 1 amide bonds. The molecule has 2 N–H and O–H groups in total. The van der Waals surface area contributed by atoms with Crippen LogP contribution >= 0.6 is 0 Å². The highest BCUT2D eigenvalue weighted by Gasteiger charge is 2.28. The van der Waals surface area contributed by atoms with Gasteiger partial charge >= 0.3 is 0 Å². The van der Waals surface area contributed by atoms with E-state index in [0.717, 1.165) is 23.8 Å². The van der Waals surface area contributed by atoms with Crippen molar-refractivity contribution in [2.45, 2.75) is 37.1 Å². The van der Waals surface area contributed by atoms with Gasteiger partial charge in [-0.15, -0.1) is 0 Å². The van der Waals surface area contributed by atoms with Gasteiger partial charge in [-0.25, -0.2) is 8.42 Å². The zero-order valence-corrected chi connectivity index (χ0v) is 13.7. The molecule has 6 nitrogen and oxygen atoms in total. The quantitative estimate of drug-likeness (QED) is 0.891. The number of pyridine rings is 1. The second-order valence-corrected chi connectivity index (χ2v) is 7.48. The molecule has 1 aliphatic heterocycles. The van der Waals surface area contributed by atoms with Crippen molar-refractivity contribution < 1.29 is 13.2 Å². The van der Waals surface area contributed by atoms with E-state index in [0.29, 0.717) is 18.5 Å². The fraction of sp³-hybridized carbons (Fsp3) is 0.375. The number of aromatic nitrogens is 1. The Morgan fingerprint density at radius 1 is 1.30 bits per heavy atom. The summed E-state index contributed by atoms with van der Waals surface area (Å²) in [5.41, 5.74) is 1.38. The molecule has 1 aliphatic rings. The molecule has 1 aromatic heterocycles. The molecule has 0 bridgehead atoms. The molecule has 1 atom stereocenters. The first-order valence-corrected chi connectivity index (χ1v) is 9.11. The average molecular weight is 333 g/mol. The van der Waals surface area contributed by atoms with Crippen LogP contribution in [0.3, 0.4) is 0 Å². The fourth-order valence-electron chi connectivity index (χ4n) is 2.76. The normalized spacial score (nSPS) is 19.3. The third-order valence-electron chi connectivity index (χ3n) is 3.93. The number of carbonyl (C=O) groups is 1. The minimum atomic E-state index is -3.82. The van der Waals surface area contributed by atoms with Crippen molar-refractivity contribution in [2.75, 3.05) is 6.54 Å². The van der Waals surface area contributed by atoms with Gasteiger partial charge in [0.05, 0.1) is 5.52 Å². The lowest BCUT2D eigenvalue weighted by Gasteiger charge is -2.16. The summed E-state index contributed by atoms with van der Waals surface area (Å²) in [7, 11) is -3.82.